The number of piperidine rings is 1. The molecular formula is C10H17N2O+. The Morgan fingerprint density at radius 3 is 3.15 bits per heavy atom. The van der Waals surface area contributed by atoms with Gasteiger partial charge < -0.3 is 10.0 Å². The van der Waals surface area contributed by atoms with Crippen LogP contribution in [0.25, 0.3) is 4.85 Å². The van der Waals surface area contributed by atoms with Crippen LogP contribution in [0.3, 0.4) is 0 Å². The van der Waals surface area contributed by atoms with Crippen molar-refractivity contribution >= 4 is 0 Å². The van der Waals surface area contributed by atoms with Gasteiger partial charge in [0.05, 0.1) is 17.9 Å². The zero-order valence-electron chi connectivity index (χ0n) is 8.16. The molecule has 2 rings (SSSR count). The van der Waals surface area contributed by atoms with Gasteiger partial charge in [-0.05, 0) is 19.9 Å². The second-order valence-corrected chi connectivity index (χ2v) is 4.38. The lowest BCUT2D eigenvalue weighted by Crippen LogP contribution is -2.52. The number of rotatable bonds is 0. The van der Waals surface area contributed by atoms with Gasteiger partial charge in [0.1, 0.15) is 0 Å². The normalized spacial score (nSPS) is 40.0. The highest BCUT2D eigenvalue weighted by Gasteiger charge is 2.46. The van der Waals surface area contributed by atoms with Gasteiger partial charge in [-0.1, -0.05) is 4.85 Å². The summed E-state index contributed by atoms with van der Waals surface area (Å²) in [5.41, 5.74) is 0.0399. The summed E-state index contributed by atoms with van der Waals surface area (Å²) >= 11 is 0. The quantitative estimate of drug-likeness (QED) is 0.598. The van der Waals surface area contributed by atoms with E-state index < -0.39 is 0 Å². The molecule has 0 radical (unpaired) electrons. The second kappa shape index (κ2) is 3.28. The minimum atomic E-state index is -0.158. The van der Waals surface area contributed by atoms with Crippen molar-refractivity contribution in [1.82, 2.24) is 4.90 Å². The van der Waals surface area contributed by atoms with Crippen LogP contribution in [-0.2, 0) is 0 Å². The SMILES string of the molecule is CN1CCC(O)C2(CCC#[N+]C2)C1. The first-order chi connectivity index (χ1) is 6.23. The van der Waals surface area contributed by atoms with E-state index in [1.165, 1.54) is 0 Å². The van der Waals surface area contributed by atoms with Crippen LogP contribution in [0.4, 0.5) is 0 Å². The summed E-state index contributed by atoms with van der Waals surface area (Å²) in [5, 5.41) is 9.99. The van der Waals surface area contributed by atoms with E-state index in [0.717, 1.165) is 38.9 Å². The average molecular weight is 181 g/mol. The Morgan fingerprint density at radius 1 is 1.62 bits per heavy atom. The predicted octanol–water partition coefficient (Wildman–Crippen LogP) is 0.796. The Morgan fingerprint density at radius 2 is 2.46 bits per heavy atom. The molecule has 1 saturated heterocycles. The molecule has 2 aliphatic heterocycles. The Kier molecular flexibility index (Phi) is 2.27. The summed E-state index contributed by atoms with van der Waals surface area (Å²) in [6.07, 6.45) is 2.69. The first kappa shape index (κ1) is 8.98. The van der Waals surface area contributed by atoms with Gasteiger partial charge in [-0.3, -0.25) is 0 Å². The van der Waals surface area contributed by atoms with E-state index in [-0.39, 0.29) is 11.5 Å². The topological polar surface area (TPSA) is 27.8 Å². The van der Waals surface area contributed by atoms with Crippen molar-refractivity contribution in [3.8, 4) is 6.07 Å². The lowest BCUT2D eigenvalue weighted by Gasteiger charge is -2.41. The van der Waals surface area contributed by atoms with Crippen LogP contribution >= 0.6 is 0 Å². The van der Waals surface area contributed by atoms with Gasteiger partial charge in [0.2, 0.25) is 0 Å². The maximum absolute atomic E-state index is 9.99. The highest BCUT2D eigenvalue weighted by atomic mass is 16.3. The minimum absolute atomic E-state index is 0.0399. The van der Waals surface area contributed by atoms with Crippen LogP contribution in [0.15, 0.2) is 0 Å². The third-order valence-electron chi connectivity index (χ3n) is 3.32. The predicted molar refractivity (Wildman–Crippen MR) is 51.9 cm³/mol. The molecule has 2 heterocycles. The van der Waals surface area contributed by atoms with Crippen LogP contribution in [0.1, 0.15) is 19.3 Å². The monoisotopic (exact) mass is 181 g/mol. The van der Waals surface area contributed by atoms with Crippen LogP contribution in [0.5, 0.6) is 0 Å². The van der Waals surface area contributed by atoms with Gasteiger partial charge in [-0.25, -0.2) is 0 Å². The van der Waals surface area contributed by atoms with Crippen molar-refractivity contribution in [3.63, 3.8) is 0 Å². The number of nitrogens with zero attached hydrogens (tertiary/aromatic N) is 2. The van der Waals surface area contributed by atoms with E-state index in [1.807, 2.05) is 0 Å². The zero-order chi connectivity index (χ0) is 9.31. The second-order valence-electron chi connectivity index (χ2n) is 4.38. The molecule has 0 aromatic carbocycles. The fourth-order valence-corrected chi connectivity index (χ4v) is 2.45. The van der Waals surface area contributed by atoms with Gasteiger partial charge in [0.15, 0.2) is 0 Å². The smallest absolute Gasteiger partial charge is 0.272 e. The van der Waals surface area contributed by atoms with Crippen LogP contribution in [0.2, 0.25) is 0 Å². The van der Waals surface area contributed by atoms with Gasteiger partial charge in [0, 0.05) is 13.1 Å². The maximum Gasteiger partial charge on any atom is 0.272 e. The van der Waals surface area contributed by atoms with Crippen LogP contribution in [-0.4, -0.2) is 42.8 Å². The molecular weight excluding hydrogens is 164 g/mol. The Balaban J connectivity index is 2.14. The highest BCUT2D eigenvalue weighted by molar-refractivity contribution is 5.06. The lowest BCUT2D eigenvalue weighted by molar-refractivity contribution is -0.0349. The van der Waals surface area contributed by atoms with E-state index in [2.05, 4.69) is 22.9 Å². The van der Waals surface area contributed by atoms with E-state index in [4.69, 9.17) is 0 Å². The molecule has 3 heteroatoms. The van der Waals surface area contributed by atoms with Gasteiger partial charge in [-0.2, -0.15) is 0 Å². The molecule has 0 aliphatic carbocycles. The highest BCUT2D eigenvalue weighted by Crippen LogP contribution is 2.36. The van der Waals surface area contributed by atoms with Crippen molar-refractivity contribution in [1.29, 1.82) is 0 Å². The molecule has 72 valence electrons. The number of hydrogen-bond acceptors (Lipinski definition) is 2. The first-order valence-corrected chi connectivity index (χ1v) is 4.99. The average Bonchev–Trinajstić information content (AvgIpc) is 2.14. The third-order valence-corrected chi connectivity index (χ3v) is 3.32. The summed E-state index contributed by atoms with van der Waals surface area (Å²) in [7, 11) is 2.12. The van der Waals surface area contributed by atoms with Crippen LogP contribution < -0.4 is 0 Å². The molecule has 2 atom stereocenters. The first-order valence-electron chi connectivity index (χ1n) is 4.99. The maximum atomic E-state index is 9.99. The van der Waals surface area contributed by atoms with Crippen LogP contribution in [0, 0.1) is 11.5 Å². The Labute approximate surface area is 79.2 Å². The minimum Gasteiger partial charge on any atom is -0.392 e. The van der Waals surface area contributed by atoms with Crippen molar-refractivity contribution in [2.45, 2.75) is 25.4 Å². The Hall–Kier alpha value is -0.590. The lowest BCUT2D eigenvalue weighted by atomic mass is 9.73. The number of aliphatic hydroxyl groups excluding tert-OH is 1. The molecule has 2 aliphatic rings. The third kappa shape index (κ3) is 1.56. The molecule has 0 amide bonds. The fraction of sp³-hybridized carbons (Fsp3) is 0.900. The van der Waals surface area contributed by atoms with E-state index in [9.17, 15) is 5.11 Å². The van der Waals surface area contributed by atoms with E-state index in [1.54, 1.807) is 0 Å². The Bertz CT molecular complexity index is 255. The molecule has 1 N–H and O–H groups in total. The van der Waals surface area contributed by atoms with E-state index in [0.29, 0.717) is 0 Å². The summed E-state index contributed by atoms with van der Waals surface area (Å²) in [6, 6.07) is 2.99. The summed E-state index contributed by atoms with van der Waals surface area (Å²) in [6.45, 7) is 2.76. The summed E-state index contributed by atoms with van der Waals surface area (Å²) in [5.74, 6) is 0. The number of aliphatic hydroxyl groups is 1. The molecule has 0 aromatic rings. The molecule has 13 heavy (non-hydrogen) atoms. The van der Waals surface area contributed by atoms with Gasteiger partial charge in [-0.15, -0.1) is 0 Å². The number of hydrogen-bond donors (Lipinski definition) is 1. The molecule has 0 saturated carbocycles. The molecule has 0 bridgehead atoms. The zero-order valence-corrected chi connectivity index (χ0v) is 8.16. The van der Waals surface area contributed by atoms with Gasteiger partial charge in [0.25, 0.3) is 12.6 Å². The largest absolute Gasteiger partial charge is 0.392 e. The molecule has 2 unspecified atom stereocenters. The summed E-state index contributed by atoms with van der Waals surface area (Å²) in [4.78, 5) is 6.50. The molecule has 1 fully saturated rings. The van der Waals surface area contributed by atoms with Crippen molar-refractivity contribution in [2.75, 3.05) is 26.7 Å². The van der Waals surface area contributed by atoms with Gasteiger partial charge >= 0.3 is 0 Å². The molecule has 0 aromatic heterocycles. The van der Waals surface area contributed by atoms with Crippen molar-refractivity contribution in [3.05, 3.63) is 4.85 Å². The fourth-order valence-electron chi connectivity index (χ4n) is 2.45. The summed E-state index contributed by atoms with van der Waals surface area (Å²) < 4.78 is 0. The number of likely N-dealkylation sites (tertiary alicyclic amines) is 1. The standard InChI is InChI=1S/C10H17N2O/c1-12-6-3-9(13)10(8-12)4-2-5-11-7-10/h9,13H,2-4,6-8H2,1H3/q+1. The molecule has 3 nitrogen and oxygen atoms in total. The molecule has 1 spiro atoms. The van der Waals surface area contributed by atoms with Crippen molar-refractivity contribution in [2.24, 2.45) is 5.41 Å². The van der Waals surface area contributed by atoms with E-state index >= 15 is 0 Å². The van der Waals surface area contributed by atoms with Crippen molar-refractivity contribution < 1.29 is 5.11 Å².